The van der Waals surface area contributed by atoms with Crippen LogP contribution in [0.15, 0.2) is 91.5 Å². The lowest BCUT2D eigenvalue weighted by Gasteiger charge is -2.48. The lowest BCUT2D eigenvalue weighted by molar-refractivity contribution is -0.237. The summed E-state index contributed by atoms with van der Waals surface area (Å²) >= 11 is 0. The van der Waals surface area contributed by atoms with E-state index in [1.807, 2.05) is 78.9 Å². The molecule has 2 aliphatic rings. The summed E-state index contributed by atoms with van der Waals surface area (Å²) in [4.78, 5) is 0. The SMILES string of the molecule is C=C[C@H](OCc1ccc(OC)cc1)[C@H](OCc1ccc(OC)cc1)[C@H](OCc1ccccc1)[C@H]1C[C@H](O)[C@@]2(OCOCC[Si](C)(C)C)CC[C@@H]([C@@H](OCOC)[C@@H](OCOCCOC)[C@@H]1C)C2(C)C. The molecule has 2 aliphatic carbocycles. The van der Waals surface area contributed by atoms with Crippen molar-refractivity contribution in [3.63, 3.8) is 0 Å². The van der Waals surface area contributed by atoms with Gasteiger partial charge in [-0.3, -0.25) is 0 Å². The summed E-state index contributed by atoms with van der Waals surface area (Å²) in [5, 5.41) is 13.2. The Morgan fingerprint density at radius 3 is 1.88 bits per heavy atom. The number of fused-ring (bicyclic) bond motifs is 2. The van der Waals surface area contributed by atoms with E-state index in [-0.39, 0.29) is 58.5 Å². The molecule has 0 heterocycles. The van der Waals surface area contributed by atoms with Gasteiger partial charge in [0.2, 0.25) is 0 Å². The Labute approximate surface area is 408 Å². The molecule has 0 unspecified atom stereocenters. The van der Waals surface area contributed by atoms with Crippen LogP contribution in [-0.4, -0.2) is 124 Å². The van der Waals surface area contributed by atoms with Gasteiger partial charge in [-0.15, -0.1) is 6.58 Å². The van der Waals surface area contributed by atoms with Crippen LogP contribution >= 0.6 is 0 Å². The van der Waals surface area contributed by atoms with E-state index in [9.17, 15) is 5.11 Å². The Morgan fingerprint density at radius 1 is 0.706 bits per heavy atom. The van der Waals surface area contributed by atoms with Crippen LogP contribution in [0.2, 0.25) is 25.7 Å². The van der Waals surface area contributed by atoms with Gasteiger partial charge in [0.25, 0.3) is 0 Å². The second-order valence-corrected chi connectivity index (χ2v) is 25.6. The number of hydrogen-bond acceptors (Lipinski definition) is 13. The Hall–Kier alpha value is -3.22. The fraction of sp³-hybridized carbons (Fsp3) is 0.630. The largest absolute Gasteiger partial charge is 0.497 e. The van der Waals surface area contributed by atoms with E-state index in [0.717, 1.165) is 34.2 Å². The van der Waals surface area contributed by atoms with Crippen LogP contribution in [0, 0.1) is 23.2 Å². The highest BCUT2D eigenvalue weighted by molar-refractivity contribution is 6.76. The quantitative estimate of drug-likeness (QED) is 0.0295. The minimum absolute atomic E-state index is 0.00655. The van der Waals surface area contributed by atoms with Gasteiger partial charge in [-0.25, -0.2) is 0 Å². The molecule has 1 N–H and O–H groups in total. The van der Waals surface area contributed by atoms with E-state index in [0.29, 0.717) is 32.7 Å². The van der Waals surface area contributed by atoms with Crippen molar-refractivity contribution in [3.05, 3.63) is 108 Å². The Kier molecular flexibility index (Phi) is 22.4. The summed E-state index contributed by atoms with van der Waals surface area (Å²) in [5.41, 5.74) is 1.20. The molecule has 0 radical (unpaired) electrons. The van der Waals surface area contributed by atoms with Gasteiger partial charge >= 0.3 is 0 Å². The molecule has 0 aliphatic heterocycles. The predicted molar refractivity (Wildman–Crippen MR) is 265 cm³/mol. The second-order valence-electron chi connectivity index (χ2n) is 19.9. The first-order chi connectivity index (χ1) is 32.7. The molecule has 10 atom stereocenters. The number of aliphatic hydroxyl groups excluding tert-OH is 1. The van der Waals surface area contributed by atoms with E-state index >= 15 is 0 Å². The third kappa shape index (κ3) is 15.1. The molecule has 2 saturated carbocycles. The maximum Gasteiger partial charge on any atom is 0.147 e. The number of hydrogen-bond donors (Lipinski definition) is 1. The standard InChI is InChI=1S/C54H82O13Si/c1-12-47(62-33-41-18-22-43(58-7)23-19-41)52(64-35-42-20-24-44(59-8)25-21-42)50(63-34-40-16-14-13-15-17-40)45-32-48(55)54(67-38-61-30-31-68(9,10)11)27-26-46(53(54,3)4)51(65-36-57-6)49(39(45)2)66-37-60-29-28-56-5/h12-25,39,45-52,55H,1,26-38H2,2-11H3/t39-,45+,46+,47+,48+,49+,50-,51-,52+,54+/m1/s1. The second kappa shape index (κ2) is 27.4. The Balaban J connectivity index is 1.65. The predicted octanol–water partition coefficient (Wildman–Crippen LogP) is 9.46. The molecule has 14 heteroatoms. The van der Waals surface area contributed by atoms with Crippen molar-refractivity contribution in [2.24, 2.45) is 23.2 Å². The number of rotatable bonds is 30. The van der Waals surface area contributed by atoms with Crippen molar-refractivity contribution < 1.29 is 61.9 Å². The minimum Gasteiger partial charge on any atom is -0.497 e. The zero-order valence-electron chi connectivity index (χ0n) is 42.5. The molecule has 3 aromatic rings. The number of methoxy groups -OCH3 is 4. The van der Waals surface area contributed by atoms with Crippen molar-refractivity contribution in [1.29, 1.82) is 0 Å². The van der Waals surface area contributed by atoms with Crippen molar-refractivity contribution in [1.82, 2.24) is 0 Å². The lowest BCUT2D eigenvalue weighted by Crippen LogP contribution is -2.57. The average molecular weight is 967 g/mol. The molecular formula is C54H82O13Si. The van der Waals surface area contributed by atoms with Crippen LogP contribution in [0.4, 0.5) is 0 Å². The molecule has 2 fully saturated rings. The summed E-state index contributed by atoms with van der Waals surface area (Å²) in [6.07, 6.45) is -0.853. The van der Waals surface area contributed by atoms with Crippen LogP contribution < -0.4 is 9.47 Å². The van der Waals surface area contributed by atoms with Crippen LogP contribution in [0.1, 0.15) is 56.7 Å². The maximum atomic E-state index is 13.2. The van der Waals surface area contributed by atoms with E-state index < -0.39 is 61.6 Å². The molecular weight excluding hydrogens is 885 g/mol. The van der Waals surface area contributed by atoms with Gasteiger partial charge < -0.3 is 61.9 Å². The number of aliphatic hydroxyl groups is 1. The van der Waals surface area contributed by atoms with E-state index in [4.69, 9.17) is 56.8 Å². The first-order valence-electron chi connectivity index (χ1n) is 24.2. The highest BCUT2D eigenvalue weighted by Gasteiger charge is 2.64. The lowest BCUT2D eigenvalue weighted by atomic mass is 9.67. The van der Waals surface area contributed by atoms with Gasteiger partial charge in [-0.05, 0) is 84.0 Å². The molecule has 0 spiro atoms. The highest BCUT2D eigenvalue weighted by Crippen LogP contribution is 2.59. The maximum absolute atomic E-state index is 13.2. The number of ether oxygens (including phenoxy) is 12. The first-order valence-corrected chi connectivity index (χ1v) is 27.9. The molecule has 3 aromatic carbocycles. The van der Waals surface area contributed by atoms with E-state index in [1.165, 1.54) is 0 Å². The topological polar surface area (TPSA) is 131 Å². The van der Waals surface area contributed by atoms with Crippen molar-refractivity contribution in [2.75, 3.05) is 68.6 Å². The Morgan fingerprint density at radius 2 is 1.29 bits per heavy atom. The number of benzene rings is 3. The van der Waals surface area contributed by atoms with Crippen molar-refractivity contribution in [3.8, 4) is 11.5 Å². The monoisotopic (exact) mass is 967 g/mol. The minimum atomic E-state index is -1.37. The van der Waals surface area contributed by atoms with E-state index in [1.54, 1.807) is 34.5 Å². The normalized spacial score (nSPS) is 25.2. The highest BCUT2D eigenvalue weighted by atomic mass is 28.3. The molecule has 380 valence electrons. The summed E-state index contributed by atoms with van der Waals surface area (Å²) in [6, 6.07) is 26.7. The van der Waals surface area contributed by atoms with Gasteiger partial charge in [0, 0.05) is 34.3 Å². The fourth-order valence-corrected chi connectivity index (χ4v) is 10.8. The van der Waals surface area contributed by atoms with Crippen molar-refractivity contribution in [2.45, 2.75) is 128 Å². The summed E-state index contributed by atoms with van der Waals surface area (Å²) in [6.45, 7) is 20.0. The smallest absolute Gasteiger partial charge is 0.147 e. The molecule has 0 amide bonds. The Bertz CT molecular complexity index is 1860. The molecule has 13 nitrogen and oxygen atoms in total. The van der Waals surface area contributed by atoms with Gasteiger partial charge in [-0.1, -0.05) is 101 Å². The summed E-state index contributed by atoms with van der Waals surface area (Å²) in [7, 11) is 5.19. The molecule has 0 saturated heterocycles. The van der Waals surface area contributed by atoms with Crippen molar-refractivity contribution >= 4 is 8.07 Å². The van der Waals surface area contributed by atoms with Crippen LogP contribution in [0.5, 0.6) is 11.5 Å². The fourth-order valence-electron chi connectivity index (χ4n) is 10.0. The first kappa shape index (κ1) is 55.7. The molecule has 68 heavy (non-hydrogen) atoms. The average Bonchev–Trinajstić information content (AvgIpc) is 3.61. The summed E-state index contributed by atoms with van der Waals surface area (Å²) in [5.74, 6) is 0.577. The van der Waals surface area contributed by atoms with Gasteiger partial charge in [-0.2, -0.15) is 0 Å². The zero-order valence-corrected chi connectivity index (χ0v) is 43.5. The van der Waals surface area contributed by atoms with Gasteiger partial charge in [0.15, 0.2) is 0 Å². The third-order valence-electron chi connectivity index (χ3n) is 14.1. The van der Waals surface area contributed by atoms with Gasteiger partial charge in [0.05, 0.1) is 71.7 Å². The third-order valence-corrected chi connectivity index (χ3v) is 15.8. The van der Waals surface area contributed by atoms with Crippen LogP contribution in [-0.2, 0) is 67.2 Å². The van der Waals surface area contributed by atoms with Crippen LogP contribution in [0.3, 0.4) is 0 Å². The zero-order chi connectivity index (χ0) is 49.2. The molecule has 0 aromatic heterocycles. The van der Waals surface area contributed by atoms with Gasteiger partial charge in [0.1, 0.15) is 49.7 Å². The van der Waals surface area contributed by atoms with E-state index in [2.05, 4.69) is 47.0 Å². The molecule has 2 bridgehead atoms. The van der Waals surface area contributed by atoms with Crippen LogP contribution in [0.25, 0.3) is 0 Å². The molecule has 5 rings (SSSR count). The summed E-state index contributed by atoms with van der Waals surface area (Å²) < 4.78 is 76.1.